The Morgan fingerprint density at radius 3 is 2.52 bits per heavy atom. The normalized spacial score (nSPS) is 11.0. The average Bonchev–Trinajstić information content (AvgIpc) is 3.26. The van der Waals surface area contributed by atoms with Gasteiger partial charge in [-0.3, -0.25) is 14.8 Å². The molecule has 1 aromatic carbocycles. The molecule has 8 heteroatoms. The number of rotatable bonds is 5. The summed E-state index contributed by atoms with van der Waals surface area (Å²) in [5.41, 5.74) is 5.30. The molecule has 0 aliphatic rings. The Bertz CT molecular complexity index is 1210. The Kier molecular flexibility index (Phi) is 5.53. The standard InChI is InChI=1S/C23H23N7O/c1-14(2)22-27-28-29-30(22)20-10-17(21-8-5-15(3)12-25-21)9-18(11-20)23(31)26-19-7-6-16(4)24-13-19/h5-14H,1-4H3,(H,26,31). The Labute approximate surface area is 180 Å². The summed E-state index contributed by atoms with van der Waals surface area (Å²) in [4.78, 5) is 21.8. The van der Waals surface area contributed by atoms with Gasteiger partial charge in [0.25, 0.3) is 5.91 Å². The van der Waals surface area contributed by atoms with Gasteiger partial charge in [-0.05, 0) is 66.2 Å². The lowest BCUT2D eigenvalue weighted by atomic mass is 10.0. The van der Waals surface area contributed by atoms with Crippen molar-refractivity contribution in [3.8, 4) is 16.9 Å². The van der Waals surface area contributed by atoms with Gasteiger partial charge in [-0.1, -0.05) is 19.9 Å². The van der Waals surface area contributed by atoms with Gasteiger partial charge in [-0.25, -0.2) is 0 Å². The van der Waals surface area contributed by atoms with Crippen LogP contribution in [0.15, 0.2) is 54.9 Å². The Hall–Kier alpha value is -3.94. The molecular formula is C23H23N7O. The van der Waals surface area contributed by atoms with Crippen LogP contribution in [0.3, 0.4) is 0 Å². The van der Waals surface area contributed by atoms with Gasteiger partial charge < -0.3 is 5.32 Å². The smallest absolute Gasteiger partial charge is 0.255 e. The zero-order valence-electron chi connectivity index (χ0n) is 17.9. The number of pyridine rings is 2. The molecule has 0 unspecified atom stereocenters. The summed E-state index contributed by atoms with van der Waals surface area (Å²) < 4.78 is 1.66. The first kappa shape index (κ1) is 20.3. The number of nitrogens with zero attached hydrogens (tertiary/aromatic N) is 6. The molecule has 1 amide bonds. The molecule has 4 aromatic rings. The number of nitrogens with one attached hydrogen (secondary N) is 1. The van der Waals surface area contributed by atoms with Crippen LogP contribution in [0, 0.1) is 13.8 Å². The van der Waals surface area contributed by atoms with E-state index in [1.165, 1.54) is 0 Å². The van der Waals surface area contributed by atoms with Crippen LogP contribution < -0.4 is 5.32 Å². The summed E-state index contributed by atoms with van der Waals surface area (Å²) in [6, 6.07) is 13.1. The summed E-state index contributed by atoms with van der Waals surface area (Å²) >= 11 is 0. The van der Waals surface area contributed by atoms with Crippen LogP contribution in [-0.4, -0.2) is 36.1 Å². The molecule has 1 N–H and O–H groups in total. The van der Waals surface area contributed by atoms with E-state index in [0.717, 1.165) is 22.5 Å². The van der Waals surface area contributed by atoms with Gasteiger partial charge in [0.05, 0.1) is 23.3 Å². The molecule has 0 saturated carbocycles. The monoisotopic (exact) mass is 413 g/mol. The molecule has 0 fully saturated rings. The van der Waals surface area contributed by atoms with E-state index < -0.39 is 0 Å². The number of hydrogen-bond acceptors (Lipinski definition) is 6. The highest BCUT2D eigenvalue weighted by Crippen LogP contribution is 2.25. The van der Waals surface area contributed by atoms with Crippen LogP contribution in [0.1, 0.15) is 47.2 Å². The predicted molar refractivity (Wildman–Crippen MR) is 118 cm³/mol. The van der Waals surface area contributed by atoms with Crippen molar-refractivity contribution in [2.75, 3.05) is 5.32 Å². The van der Waals surface area contributed by atoms with Crippen molar-refractivity contribution in [2.45, 2.75) is 33.6 Å². The van der Waals surface area contributed by atoms with Crippen molar-refractivity contribution >= 4 is 11.6 Å². The summed E-state index contributed by atoms with van der Waals surface area (Å²) in [5.74, 6) is 0.579. The van der Waals surface area contributed by atoms with Gasteiger partial charge in [0.1, 0.15) is 0 Å². The van der Waals surface area contributed by atoms with Gasteiger partial charge in [0, 0.05) is 28.9 Å². The van der Waals surface area contributed by atoms with E-state index in [9.17, 15) is 4.79 Å². The second-order valence-corrected chi connectivity index (χ2v) is 7.74. The fraction of sp³-hybridized carbons (Fsp3) is 0.217. The number of aryl methyl sites for hydroxylation is 2. The van der Waals surface area contributed by atoms with Crippen molar-refractivity contribution < 1.29 is 4.79 Å². The molecule has 0 spiro atoms. The van der Waals surface area contributed by atoms with E-state index in [2.05, 4.69) is 30.8 Å². The minimum Gasteiger partial charge on any atom is -0.321 e. The average molecular weight is 413 g/mol. The molecule has 3 heterocycles. The van der Waals surface area contributed by atoms with Gasteiger partial charge in [-0.2, -0.15) is 4.68 Å². The summed E-state index contributed by atoms with van der Waals surface area (Å²) in [7, 11) is 0. The molecule has 3 aromatic heterocycles. The van der Waals surface area contributed by atoms with E-state index >= 15 is 0 Å². The molecular weight excluding hydrogens is 390 g/mol. The fourth-order valence-corrected chi connectivity index (χ4v) is 3.13. The maximum absolute atomic E-state index is 13.1. The quantitative estimate of drug-likeness (QED) is 0.529. The fourth-order valence-electron chi connectivity index (χ4n) is 3.13. The third kappa shape index (κ3) is 4.48. The number of amides is 1. The Morgan fingerprint density at radius 2 is 1.84 bits per heavy atom. The molecule has 156 valence electrons. The molecule has 0 saturated heterocycles. The van der Waals surface area contributed by atoms with Crippen LogP contribution in [0.4, 0.5) is 5.69 Å². The minimum atomic E-state index is -0.250. The second kappa shape index (κ2) is 8.43. The summed E-state index contributed by atoms with van der Waals surface area (Å²) in [5, 5.41) is 15.0. The van der Waals surface area contributed by atoms with E-state index in [1.807, 2.05) is 64.1 Å². The van der Waals surface area contributed by atoms with Crippen LogP contribution >= 0.6 is 0 Å². The highest BCUT2D eigenvalue weighted by molar-refractivity contribution is 6.05. The molecule has 31 heavy (non-hydrogen) atoms. The Morgan fingerprint density at radius 1 is 1.00 bits per heavy atom. The van der Waals surface area contributed by atoms with Gasteiger partial charge in [0.15, 0.2) is 5.82 Å². The van der Waals surface area contributed by atoms with E-state index in [1.54, 1.807) is 23.1 Å². The van der Waals surface area contributed by atoms with Crippen LogP contribution in [0.2, 0.25) is 0 Å². The van der Waals surface area contributed by atoms with E-state index in [0.29, 0.717) is 22.8 Å². The van der Waals surface area contributed by atoms with Gasteiger partial charge >= 0.3 is 0 Å². The number of carbonyl (C=O) groups excluding carboxylic acids is 1. The zero-order chi connectivity index (χ0) is 22.0. The lowest BCUT2D eigenvalue weighted by Crippen LogP contribution is -2.14. The number of aromatic nitrogens is 6. The molecule has 0 radical (unpaired) electrons. The number of carbonyl (C=O) groups is 1. The maximum Gasteiger partial charge on any atom is 0.255 e. The molecule has 8 nitrogen and oxygen atoms in total. The molecule has 4 rings (SSSR count). The largest absolute Gasteiger partial charge is 0.321 e. The number of anilines is 1. The zero-order valence-corrected chi connectivity index (χ0v) is 17.9. The molecule has 0 aliphatic heterocycles. The van der Waals surface area contributed by atoms with Crippen molar-refractivity contribution in [3.05, 3.63) is 77.5 Å². The van der Waals surface area contributed by atoms with Crippen molar-refractivity contribution in [1.82, 2.24) is 30.2 Å². The highest BCUT2D eigenvalue weighted by Gasteiger charge is 2.17. The summed E-state index contributed by atoms with van der Waals surface area (Å²) in [6.07, 6.45) is 3.44. The lowest BCUT2D eigenvalue weighted by Gasteiger charge is -2.12. The Balaban J connectivity index is 1.79. The van der Waals surface area contributed by atoms with Crippen molar-refractivity contribution in [1.29, 1.82) is 0 Å². The first-order chi connectivity index (χ1) is 14.9. The third-order valence-corrected chi connectivity index (χ3v) is 4.81. The highest BCUT2D eigenvalue weighted by atomic mass is 16.1. The second-order valence-electron chi connectivity index (χ2n) is 7.74. The van der Waals surface area contributed by atoms with E-state index in [-0.39, 0.29) is 11.8 Å². The SMILES string of the molecule is Cc1ccc(-c2cc(C(=O)Nc3ccc(C)nc3)cc(-n3nnnc3C(C)C)c2)nc1. The van der Waals surface area contributed by atoms with Gasteiger partial charge in [0.2, 0.25) is 0 Å². The van der Waals surface area contributed by atoms with Crippen LogP contribution in [-0.2, 0) is 0 Å². The van der Waals surface area contributed by atoms with E-state index in [4.69, 9.17) is 0 Å². The lowest BCUT2D eigenvalue weighted by molar-refractivity contribution is 0.102. The molecule has 0 atom stereocenters. The number of benzene rings is 1. The third-order valence-electron chi connectivity index (χ3n) is 4.81. The van der Waals surface area contributed by atoms with Crippen LogP contribution in [0.25, 0.3) is 16.9 Å². The first-order valence-corrected chi connectivity index (χ1v) is 10.0. The maximum atomic E-state index is 13.1. The summed E-state index contributed by atoms with van der Waals surface area (Å²) in [6.45, 7) is 7.92. The molecule has 0 aliphatic carbocycles. The minimum absolute atomic E-state index is 0.118. The number of hydrogen-bond donors (Lipinski definition) is 1. The van der Waals surface area contributed by atoms with Crippen molar-refractivity contribution in [2.24, 2.45) is 0 Å². The topological polar surface area (TPSA) is 98.5 Å². The number of tetrazole rings is 1. The van der Waals surface area contributed by atoms with Crippen LogP contribution in [0.5, 0.6) is 0 Å². The van der Waals surface area contributed by atoms with Gasteiger partial charge in [-0.15, -0.1) is 5.10 Å². The molecule has 0 bridgehead atoms. The first-order valence-electron chi connectivity index (χ1n) is 10.0. The van der Waals surface area contributed by atoms with Crippen molar-refractivity contribution in [3.63, 3.8) is 0 Å². The predicted octanol–water partition coefficient (Wildman–Crippen LogP) is 4.11.